The first-order chi connectivity index (χ1) is 12.1. The molecule has 1 aromatic carbocycles. The molecule has 3 unspecified atom stereocenters. The molecule has 6 heteroatoms. The van der Waals surface area contributed by atoms with Crippen LogP contribution in [0.15, 0.2) is 18.2 Å². The quantitative estimate of drug-likeness (QED) is 0.842. The van der Waals surface area contributed by atoms with Gasteiger partial charge in [-0.25, -0.2) is 4.39 Å². The maximum absolute atomic E-state index is 14.3. The lowest BCUT2D eigenvalue weighted by Crippen LogP contribution is -2.45. The van der Waals surface area contributed by atoms with Crippen molar-refractivity contribution in [1.82, 2.24) is 9.80 Å². The van der Waals surface area contributed by atoms with E-state index in [-0.39, 0.29) is 24.6 Å². The van der Waals surface area contributed by atoms with Crippen LogP contribution < -0.4 is 0 Å². The maximum atomic E-state index is 14.3. The molecule has 2 aliphatic rings. The third-order valence-electron chi connectivity index (χ3n) is 5.33. The Labute approximate surface area is 149 Å². The van der Waals surface area contributed by atoms with Crippen LogP contribution in [0.5, 0.6) is 0 Å². The van der Waals surface area contributed by atoms with E-state index in [1.54, 1.807) is 6.07 Å². The van der Waals surface area contributed by atoms with Crippen molar-refractivity contribution in [3.05, 3.63) is 35.1 Å². The largest absolute Gasteiger partial charge is 0.394 e. The molecule has 0 radical (unpaired) electrons. The lowest BCUT2D eigenvalue weighted by molar-refractivity contribution is -0.113. The van der Waals surface area contributed by atoms with Crippen LogP contribution in [0.25, 0.3) is 0 Å². The van der Waals surface area contributed by atoms with Crippen LogP contribution >= 0.6 is 0 Å². The number of likely N-dealkylation sites (N-methyl/N-ethyl adjacent to an activating group) is 1. The van der Waals surface area contributed by atoms with Gasteiger partial charge in [-0.15, -0.1) is 0 Å². The molecule has 0 amide bonds. The number of piperazine rings is 1. The summed E-state index contributed by atoms with van der Waals surface area (Å²) in [7, 11) is 0. The third kappa shape index (κ3) is 4.77. The second-order valence-electron chi connectivity index (χ2n) is 7.12. The van der Waals surface area contributed by atoms with Crippen LogP contribution in [0.4, 0.5) is 4.39 Å². The van der Waals surface area contributed by atoms with Gasteiger partial charge < -0.3 is 19.8 Å². The Kier molecular flexibility index (Phi) is 6.41. The van der Waals surface area contributed by atoms with Crippen molar-refractivity contribution >= 4 is 0 Å². The molecule has 0 bridgehead atoms. The van der Waals surface area contributed by atoms with Crippen molar-refractivity contribution in [3.8, 4) is 0 Å². The van der Waals surface area contributed by atoms with E-state index in [0.717, 1.165) is 38.3 Å². The highest BCUT2D eigenvalue weighted by molar-refractivity contribution is 5.27. The highest BCUT2D eigenvalue weighted by Gasteiger charge is 2.29. The van der Waals surface area contributed by atoms with Crippen molar-refractivity contribution in [2.24, 2.45) is 0 Å². The molecule has 2 heterocycles. The second kappa shape index (κ2) is 8.56. The lowest BCUT2D eigenvalue weighted by atomic mass is 9.95. The summed E-state index contributed by atoms with van der Waals surface area (Å²) in [5.74, 6) is -0.197. The third-order valence-corrected chi connectivity index (χ3v) is 5.33. The highest BCUT2D eigenvalue weighted by atomic mass is 19.1. The molecule has 0 saturated carbocycles. The van der Waals surface area contributed by atoms with Gasteiger partial charge in [-0.3, -0.25) is 4.90 Å². The highest BCUT2D eigenvalue weighted by Crippen LogP contribution is 2.32. The number of hydrogen-bond acceptors (Lipinski definition) is 5. The first-order valence-electron chi connectivity index (χ1n) is 9.26. The summed E-state index contributed by atoms with van der Waals surface area (Å²) in [6.07, 6.45) is -0.215. The zero-order valence-corrected chi connectivity index (χ0v) is 14.9. The topological polar surface area (TPSA) is 56.2 Å². The maximum Gasteiger partial charge on any atom is 0.127 e. The number of nitrogens with zero attached hydrogens (tertiary/aromatic N) is 2. The van der Waals surface area contributed by atoms with Gasteiger partial charge in [-0.1, -0.05) is 13.0 Å². The normalized spacial score (nSPS) is 29.0. The zero-order chi connectivity index (χ0) is 17.8. The van der Waals surface area contributed by atoms with E-state index in [1.165, 1.54) is 6.07 Å². The van der Waals surface area contributed by atoms with Gasteiger partial charge >= 0.3 is 0 Å². The molecule has 1 aromatic rings. The standard InChI is InChI=1S/C19H29FN2O3/c1-2-21-5-7-22(8-6-21)12-15-9-14(3-4-18(15)20)19-11-16(24)10-17(13-23)25-19/h3-4,9,16-17,19,23-24H,2,5-8,10-13H2,1H3. The molecule has 0 aliphatic carbocycles. The minimum atomic E-state index is -0.494. The fourth-order valence-corrected chi connectivity index (χ4v) is 3.74. The molecule has 2 saturated heterocycles. The van der Waals surface area contributed by atoms with Gasteiger partial charge in [0, 0.05) is 51.1 Å². The molecule has 3 rings (SSSR count). The summed E-state index contributed by atoms with van der Waals surface area (Å²) in [6, 6.07) is 5.08. The van der Waals surface area contributed by atoms with Gasteiger partial charge in [0.1, 0.15) is 5.82 Å². The Morgan fingerprint density at radius 3 is 2.56 bits per heavy atom. The first kappa shape index (κ1) is 18.7. The molecule has 0 spiro atoms. The van der Waals surface area contributed by atoms with Crippen molar-refractivity contribution in [1.29, 1.82) is 0 Å². The fourth-order valence-electron chi connectivity index (χ4n) is 3.74. The van der Waals surface area contributed by atoms with Gasteiger partial charge in [0.2, 0.25) is 0 Å². The molecule has 3 atom stereocenters. The minimum absolute atomic E-state index is 0.108. The number of hydrogen-bond donors (Lipinski definition) is 2. The van der Waals surface area contributed by atoms with E-state index in [2.05, 4.69) is 16.7 Å². The number of benzene rings is 1. The molecule has 5 nitrogen and oxygen atoms in total. The molecule has 140 valence electrons. The number of aliphatic hydroxyl groups is 2. The molecule has 2 aliphatic heterocycles. The van der Waals surface area contributed by atoms with Crippen molar-refractivity contribution in [3.63, 3.8) is 0 Å². The summed E-state index contributed by atoms with van der Waals surface area (Å²) in [6.45, 7) is 7.65. The fraction of sp³-hybridized carbons (Fsp3) is 0.684. The Morgan fingerprint density at radius 1 is 1.16 bits per heavy atom. The summed E-state index contributed by atoms with van der Waals surface area (Å²) >= 11 is 0. The van der Waals surface area contributed by atoms with E-state index in [1.807, 2.05) is 6.07 Å². The molecule has 25 heavy (non-hydrogen) atoms. The minimum Gasteiger partial charge on any atom is -0.394 e. The first-order valence-corrected chi connectivity index (χ1v) is 9.26. The molecular formula is C19H29FN2O3. The van der Waals surface area contributed by atoms with Crippen LogP contribution in [-0.2, 0) is 11.3 Å². The van der Waals surface area contributed by atoms with Gasteiger partial charge in [0.05, 0.1) is 24.9 Å². The van der Waals surface area contributed by atoms with Crippen LogP contribution in [0.1, 0.15) is 37.0 Å². The van der Waals surface area contributed by atoms with Crippen LogP contribution in [0.3, 0.4) is 0 Å². The van der Waals surface area contributed by atoms with Crippen molar-refractivity contribution in [2.45, 2.75) is 44.6 Å². The average molecular weight is 352 g/mol. The Morgan fingerprint density at radius 2 is 1.88 bits per heavy atom. The second-order valence-corrected chi connectivity index (χ2v) is 7.12. The van der Waals surface area contributed by atoms with Gasteiger partial charge in [0.25, 0.3) is 0 Å². The Balaban J connectivity index is 1.68. The summed E-state index contributed by atoms with van der Waals surface area (Å²) in [5.41, 5.74) is 1.55. The predicted molar refractivity (Wildman–Crippen MR) is 93.7 cm³/mol. The van der Waals surface area contributed by atoms with Crippen LogP contribution in [0.2, 0.25) is 0 Å². The molecule has 0 aromatic heterocycles. The summed E-state index contributed by atoms with van der Waals surface area (Å²) < 4.78 is 20.1. The van der Waals surface area contributed by atoms with Gasteiger partial charge in [-0.2, -0.15) is 0 Å². The van der Waals surface area contributed by atoms with E-state index in [9.17, 15) is 14.6 Å². The predicted octanol–water partition coefficient (Wildman–Crippen LogP) is 1.54. The molecule has 2 fully saturated rings. The van der Waals surface area contributed by atoms with E-state index in [0.29, 0.717) is 24.9 Å². The van der Waals surface area contributed by atoms with E-state index < -0.39 is 6.10 Å². The molecular weight excluding hydrogens is 323 g/mol. The lowest BCUT2D eigenvalue weighted by Gasteiger charge is -2.34. The van der Waals surface area contributed by atoms with Gasteiger partial charge in [0.15, 0.2) is 0 Å². The molecule has 2 N–H and O–H groups in total. The Bertz CT molecular complexity index is 564. The SMILES string of the molecule is CCN1CCN(Cc2cc(C3CC(O)CC(CO)O3)ccc2F)CC1. The summed E-state index contributed by atoms with van der Waals surface area (Å²) in [4.78, 5) is 4.68. The number of ether oxygens (including phenoxy) is 1. The van der Waals surface area contributed by atoms with Crippen LogP contribution in [-0.4, -0.2) is 71.6 Å². The van der Waals surface area contributed by atoms with E-state index >= 15 is 0 Å². The smallest absolute Gasteiger partial charge is 0.127 e. The number of halogens is 1. The van der Waals surface area contributed by atoms with Crippen molar-refractivity contribution < 1.29 is 19.3 Å². The average Bonchev–Trinajstić information content (AvgIpc) is 2.63. The zero-order valence-electron chi connectivity index (χ0n) is 14.9. The van der Waals surface area contributed by atoms with Crippen LogP contribution in [0, 0.1) is 5.82 Å². The number of rotatable bonds is 5. The number of aliphatic hydroxyl groups excluding tert-OH is 2. The van der Waals surface area contributed by atoms with E-state index in [4.69, 9.17) is 4.74 Å². The summed E-state index contributed by atoms with van der Waals surface area (Å²) in [5, 5.41) is 19.3. The van der Waals surface area contributed by atoms with Gasteiger partial charge in [-0.05, 0) is 24.2 Å². The monoisotopic (exact) mass is 352 g/mol. The van der Waals surface area contributed by atoms with Crippen molar-refractivity contribution in [2.75, 3.05) is 39.3 Å². The Hall–Kier alpha value is -1.05.